The van der Waals surface area contributed by atoms with E-state index in [0.717, 1.165) is 6.07 Å². The maximum absolute atomic E-state index is 12.3. The van der Waals surface area contributed by atoms with E-state index in [4.69, 9.17) is 27.9 Å². The van der Waals surface area contributed by atoms with Gasteiger partial charge in [0.2, 0.25) is 10.0 Å². The van der Waals surface area contributed by atoms with Gasteiger partial charge in [-0.25, -0.2) is 8.42 Å². The molecule has 0 aliphatic carbocycles. The predicted molar refractivity (Wildman–Crippen MR) is 72.6 cm³/mol. The Morgan fingerprint density at radius 1 is 1.40 bits per heavy atom. The standard InChI is InChI=1S/C11H11Cl2NO5S/c12-7-1-2-8(13)9(5-7)20(17,18)14-11(10(15)16)3-4-19-6-11/h1-2,5,14H,3-4,6H2,(H,15,16). The van der Waals surface area contributed by atoms with E-state index in [-0.39, 0.29) is 34.6 Å². The highest BCUT2D eigenvalue weighted by atomic mass is 35.5. The first-order valence-electron chi connectivity index (χ1n) is 5.57. The molecule has 0 saturated carbocycles. The molecule has 2 N–H and O–H groups in total. The second-order valence-corrected chi connectivity index (χ2v) is 6.86. The van der Waals surface area contributed by atoms with Gasteiger partial charge >= 0.3 is 5.97 Å². The molecule has 1 aliphatic heterocycles. The number of benzene rings is 1. The third-order valence-electron chi connectivity index (χ3n) is 2.94. The maximum atomic E-state index is 12.3. The van der Waals surface area contributed by atoms with E-state index in [2.05, 4.69) is 4.72 Å². The van der Waals surface area contributed by atoms with Crippen LogP contribution in [0.5, 0.6) is 0 Å². The summed E-state index contributed by atoms with van der Waals surface area (Å²) < 4.78 is 31.7. The number of carboxylic acids is 1. The van der Waals surface area contributed by atoms with E-state index < -0.39 is 21.5 Å². The molecule has 0 radical (unpaired) electrons. The van der Waals surface area contributed by atoms with Crippen LogP contribution in [0.25, 0.3) is 0 Å². The number of carboxylic acid groups (broad SMARTS) is 1. The molecule has 1 unspecified atom stereocenters. The Morgan fingerprint density at radius 2 is 2.10 bits per heavy atom. The molecule has 0 amide bonds. The summed E-state index contributed by atoms with van der Waals surface area (Å²) in [5.74, 6) is -1.29. The summed E-state index contributed by atoms with van der Waals surface area (Å²) >= 11 is 11.6. The van der Waals surface area contributed by atoms with Crippen molar-refractivity contribution in [1.29, 1.82) is 0 Å². The fraction of sp³-hybridized carbons (Fsp3) is 0.364. The summed E-state index contributed by atoms with van der Waals surface area (Å²) in [6.07, 6.45) is 0.0414. The number of ether oxygens (including phenoxy) is 1. The normalized spacial score (nSPS) is 22.9. The third-order valence-corrected chi connectivity index (χ3v) is 5.20. The van der Waals surface area contributed by atoms with Gasteiger partial charge in [0.25, 0.3) is 0 Å². The van der Waals surface area contributed by atoms with Crippen LogP contribution in [0.15, 0.2) is 23.1 Å². The molecule has 9 heteroatoms. The highest BCUT2D eigenvalue weighted by Gasteiger charge is 2.46. The van der Waals surface area contributed by atoms with Crippen LogP contribution in [-0.4, -0.2) is 38.2 Å². The van der Waals surface area contributed by atoms with E-state index in [9.17, 15) is 18.3 Å². The number of aliphatic carboxylic acids is 1. The van der Waals surface area contributed by atoms with Gasteiger partial charge in [-0.05, 0) is 18.2 Å². The van der Waals surface area contributed by atoms with E-state index in [0.29, 0.717) is 0 Å². The van der Waals surface area contributed by atoms with Gasteiger partial charge in [0.15, 0.2) is 5.54 Å². The van der Waals surface area contributed by atoms with Crippen LogP contribution in [0, 0.1) is 0 Å². The number of nitrogens with one attached hydrogen (secondary N) is 1. The molecule has 1 heterocycles. The summed E-state index contributed by atoms with van der Waals surface area (Å²) in [7, 11) is -4.13. The number of halogens is 2. The van der Waals surface area contributed by atoms with E-state index >= 15 is 0 Å². The average Bonchev–Trinajstić information content (AvgIpc) is 2.81. The molecule has 1 saturated heterocycles. The number of sulfonamides is 1. The molecule has 0 bridgehead atoms. The fourth-order valence-corrected chi connectivity index (χ4v) is 3.99. The molecular formula is C11H11Cl2NO5S. The predicted octanol–water partition coefficient (Wildman–Crippen LogP) is 1.52. The van der Waals surface area contributed by atoms with Gasteiger partial charge in [-0.2, -0.15) is 4.72 Å². The molecule has 2 rings (SSSR count). The van der Waals surface area contributed by atoms with Gasteiger partial charge in [-0.15, -0.1) is 0 Å². The molecule has 20 heavy (non-hydrogen) atoms. The minimum absolute atomic E-state index is 0.0404. The van der Waals surface area contributed by atoms with Crippen molar-refractivity contribution >= 4 is 39.2 Å². The van der Waals surface area contributed by atoms with Crippen molar-refractivity contribution in [2.75, 3.05) is 13.2 Å². The van der Waals surface area contributed by atoms with Gasteiger partial charge in [0.05, 0.1) is 11.6 Å². The van der Waals surface area contributed by atoms with Crippen LogP contribution in [0.1, 0.15) is 6.42 Å². The third kappa shape index (κ3) is 2.91. The zero-order valence-corrected chi connectivity index (χ0v) is 12.4. The molecule has 1 aromatic carbocycles. The zero-order valence-electron chi connectivity index (χ0n) is 10.1. The Morgan fingerprint density at radius 3 is 2.65 bits per heavy atom. The monoisotopic (exact) mass is 339 g/mol. The Labute approximate surface area is 125 Å². The second kappa shape index (κ2) is 5.50. The zero-order chi connectivity index (χ0) is 15.0. The molecule has 1 fully saturated rings. The summed E-state index contributed by atoms with van der Waals surface area (Å²) in [6, 6.07) is 3.93. The lowest BCUT2D eigenvalue weighted by molar-refractivity contribution is -0.144. The van der Waals surface area contributed by atoms with Crippen LogP contribution in [0.4, 0.5) is 0 Å². The molecule has 1 aromatic rings. The Bertz CT molecular complexity index is 640. The Balaban J connectivity index is 2.40. The molecule has 1 atom stereocenters. The lowest BCUT2D eigenvalue weighted by Gasteiger charge is -2.23. The first kappa shape index (κ1) is 15.5. The van der Waals surface area contributed by atoms with Gasteiger partial charge in [-0.3, -0.25) is 4.79 Å². The lowest BCUT2D eigenvalue weighted by atomic mass is 10.0. The summed E-state index contributed by atoms with van der Waals surface area (Å²) in [4.78, 5) is 11.1. The van der Waals surface area contributed by atoms with Crippen molar-refractivity contribution in [2.24, 2.45) is 0 Å². The first-order chi connectivity index (χ1) is 9.27. The van der Waals surface area contributed by atoms with Gasteiger partial charge in [-0.1, -0.05) is 23.2 Å². The lowest BCUT2D eigenvalue weighted by Crippen LogP contribution is -2.55. The quantitative estimate of drug-likeness (QED) is 0.867. The largest absolute Gasteiger partial charge is 0.480 e. The number of carbonyl (C=O) groups is 1. The summed E-state index contributed by atoms with van der Waals surface area (Å²) in [5.41, 5.74) is -1.68. The van der Waals surface area contributed by atoms with Crippen molar-refractivity contribution in [3.8, 4) is 0 Å². The van der Waals surface area contributed by atoms with Crippen LogP contribution in [0.2, 0.25) is 10.0 Å². The van der Waals surface area contributed by atoms with Crippen LogP contribution in [0.3, 0.4) is 0 Å². The minimum atomic E-state index is -4.13. The first-order valence-corrected chi connectivity index (χ1v) is 7.81. The van der Waals surface area contributed by atoms with E-state index in [1.54, 1.807) is 0 Å². The van der Waals surface area contributed by atoms with Crippen LogP contribution >= 0.6 is 23.2 Å². The summed E-state index contributed by atoms with van der Waals surface area (Å²) in [5, 5.41) is 9.37. The highest BCUT2D eigenvalue weighted by molar-refractivity contribution is 7.89. The van der Waals surface area contributed by atoms with Gasteiger partial charge in [0, 0.05) is 18.1 Å². The van der Waals surface area contributed by atoms with E-state index in [1.807, 2.05) is 0 Å². The van der Waals surface area contributed by atoms with E-state index in [1.165, 1.54) is 12.1 Å². The highest BCUT2D eigenvalue weighted by Crippen LogP contribution is 2.28. The van der Waals surface area contributed by atoms with Gasteiger partial charge < -0.3 is 9.84 Å². The smallest absolute Gasteiger partial charge is 0.327 e. The SMILES string of the molecule is O=C(O)C1(NS(=O)(=O)c2cc(Cl)ccc2Cl)CCOC1. The average molecular weight is 340 g/mol. The van der Waals surface area contributed by atoms with Crippen molar-refractivity contribution in [1.82, 2.24) is 4.72 Å². The Hall–Kier alpha value is -0.860. The number of rotatable bonds is 4. The topological polar surface area (TPSA) is 92.7 Å². The number of hydrogen-bond acceptors (Lipinski definition) is 4. The van der Waals surface area contributed by atoms with Gasteiger partial charge in [0.1, 0.15) is 4.90 Å². The van der Waals surface area contributed by atoms with Crippen molar-refractivity contribution in [3.63, 3.8) is 0 Å². The van der Waals surface area contributed by atoms with Crippen LogP contribution < -0.4 is 4.72 Å². The number of hydrogen-bond donors (Lipinski definition) is 2. The molecular weight excluding hydrogens is 329 g/mol. The van der Waals surface area contributed by atoms with Crippen molar-refractivity contribution in [2.45, 2.75) is 16.9 Å². The Kier molecular flexibility index (Phi) is 4.27. The maximum Gasteiger partial charge on any atom is 0.327 e. The fourth-order valence-electron chi connectivity index (χ4n) is 1.85. The minimum Gasteiger partial charge on any atom is -0.480 e. The molecule has 6 nitrogen and oxygen atoms in total. The van der Waals surface area contributed by atoms with Crippen molar-refractivity contribution < 1.29 is 23.1 Å². The molecule has 1 aliphatic rings. The van der Waals surface area contributed by atoms with Crippen molar-refractivity contribution in [3.05, 3.63) is 28.2 Å². The second-order valence-electron chi connectivity index (χ2n) is 4.37. The van der Waals surface area contributed by atoms with Crippen LogP contribution in [-0.2, 0) is 19.6 Å². The molecule has 110 valence electrons. The molecule has 0 spiro atoms. The summed E-state index contributed by atoms with van der Waals surface area (Å²) in [6.45, 7) is -0.0716. The molecule has 0 aromatic heterocycles.